The van der Waals surface area contributed by atoms with Gasteiger partial charge in [-0.25, -0.2) is 9.78 Å². The number of pyridine rings is 1. The molecule has 1 unspecified atom stereocenters. The van der Waals surface area contributed by atoms with Crippen molar-refractivity contribution in [3.63, 3.8) is 0 Å². The number of ether oxygens (including phenoxy) is 1. The number of hydrogen-bond acceptors (Lipinski definition) is 5. The Morgan fingerprint density at radius 3 is 2.23 bits per heavy atom. The summed E-state index contributed by atoms with van der Waals surface area (Å²) in [6.45, 7) is 2.22. The third kappa shape index (κ3) is 6.93. The highest BCUT2D eigenvalue weighted by Gasteiger charge is 2.25. The minimum Gasteiger partial charge on any atom is -0.489 e. The van der Waals surface area contributed by atoms with Crippen LogP contribution in [-0.2, 0) is 11.2 Å². The van der Waals surface area contributed by atoms with Crippen molar-refractivity contribution in [1.29, 1.82) is 0 Å². The first-order chi connectivity index (χ1) is 21.5. The molecule has 1 heterocycles. The molecule has 0 aliphatic rings. The van der Waals surface area contributed by atoms with Crippen molar-refractivity contribution in [3.05, 3.63) is 131 Å². The lowest BCUT2D eigenvalue weighted by Crippen LogP contribution is -2.31. The second-order valence-corrected chi connectivity index (χ2v) is 10.2. The summed E-state index contributed by atoms with van der Waals surface area (Å²) in [6.07, 6.45) is 0.609. The number of fused-ring (bicyclic) bond motifs is 1. The molecule has 4 aromatic carbocycles. The van der Waals surface area contributed by atoms with Gasteiger partial charge in [-0.1, -0.05) is 104 Å². The van der Waals surface area contributed by atoms with Crippen LogP contribution in [0, 0.1) is 0 Å². The van der Waals surface area contributed by atoms with Gasteiger partial charge in [-0.3, -0.25) is 9.59 Å². The average Bonchev–Trinajstić information content (AvgIpc) is 3.05. The third-order valence-corrected chi connectivity index (χ3v) is 7.31. The fraction of sp³-hybridized carbons (Fsp3) is 0.167. The van der Waals surface area contributed by atoms with Gasteiger partial charge in [-0.15, -0.1) is 0 Å². The lowest BCUT2D eigenvalue weighted by molar-refractivity contribution is -0.120. The van der Waals surface area contributed by atoms with Crippen molar-refractivity contribution in [2.24, 2.45) is 0 Å². The minimum absolute atomic E-state index is 0.0579. The van der Waals surface area contributed by atoms with Gasteiger partial charge in [0.25, 0.3) is 5.91 Å². The zero-order valence-electron chi connectivity index (χ0n) is 24.3. The number of carbonyl (C=O) groups is 3. The summed E-state index contributed by atoms with van der Waals surface area (Å²) >= 11 is 0. The Labute approximate surface area is 255 Å². The number of hydrogen-bond donors (Lipinski definition) is 3. The second-order valence-electron chi connectivity index (χ2n) is 10.2. The lowest BCUT2D eigenvalue weighted by atomic mass is 10.00. The lowest BCUT2D eigenvalue weighted by Gasteiger charge is -2.21. The monoisotopic (exact) mass is 587 g/mol. The van der Waals surface area contributed by atoms with Crippen molar-refractivity contribution >= 4 is 28.7 Å². The average molecular weight is 588 g/mol. The van der Waals surface area contributed by atoms with E-state index < -0.39 is 5.97 Å². The van der Waals surface area contributed by atoms with E-state index in [9.17, 15) is 19.5 Å². The molecule has 0 aliphatic carbocycles. The summed E-state index contributed by atoms with van der Waals surface area (Å²) in [5.41, 5.74) is 3.83. The number of aromatic nitrogens is 1. The minimum atomic E-state index is -1.09. The van der Waals surface area contributed by atoms with Gasteiger partial charge in [0, 0.05) is 10.9 Å². The molecule has 0 saturated carbocycles. The van der Waals surface area contributed by atoms with Gasteiger partial charge in [0.05, 0.1) is 35.7 Å². The number of nitrogens with one attached hydrogen (secondary N) is 2. The molecule has 3 N–H and O–H groups in total. The Balaban J connectivity index is 1.44. The molecule has 0 fully saturated rings. The standard InChI is InChI=1S/C36H33N3O5/c1-2-29(24-13-5-3-6-14-24)39-35(41)32-28-19-11-12-20-30(28)38-33(25-15-7-4-8-16-25)34(32)44-22-21-37-31(40)23-26-17-9-10-18-27(26)36(42)43/h3-20,29H,2,21-23H2,1H3,(H,37,40)(H,39,41)(H,42,43). The maximum atomic E-state index is 14.1. The van der Waals surface area contributed by atoms with Crippen LogP contribution in [0.1, 0.15) is 51.2 Å². The van der Waals surface area contributed by atoms with Crippen molar-refractivity contribution < 1.29 is 24.2 Å². The molecule has 8 heteroatoms. The van der Waals surface area contributed by atoms with Crippen LogP contribution in [0.2, 0.25) is 0 Å². The van der Waals surface area contributed by atoms with E-state index in [1.807, 2.05) is 91.9 Å². The third-order valence-electron chi connectivity index (χ3n) is 7.31. The summed E-state index contributed by atoms with van der Waals surface area (Å²) in [4.78, 5) is 43.2. The molecular weight excluding hydrogens is 554 g/mol. The molecule has 1 aromatic heterocycles. The zero-order valence-corrected chi connectivity index (χ0v) is 24.3. The molecule has 0 saturated heterocycles. The van der Waals surface area contributed by atoms with Crippen molar-refractivity contribution in [2.75, 3.05) is 13.2 Å². The van der Waals surface area contributed by atoms with Crippen LogP contribution in [0.3, 0.4) is 0 Å². The molecule has 222 valence electrons. The molecule has 5 rings (SSSR count). The summed E-state index contributed by atoms with van der Waals surface area (Å²) in [6, 6.07) is 33.0. The molecule has 0 spiro atoms. The Morgan fingerprint density at radius 1 is 0.841 bits per heavy atom. The number of nitrogens with zero attached hydrogens (tertiary/aromatic N) is 1. The molecule has 1 atom stereocenters. The first kappa shape index (κ1) is 30.0. The van der Waals surface area contributed by atoms with Gasteiger partial charge in [0.15, 0.2) is 5.75 Å². The first-order valence-electron chi connectivity index (χ1n) is 14.5. The second kappa shape index (κ2) is 14.1. The predicted octanol–water partition coefficient (Wildman–Crippen LogP) is 6.22. The molecule has 2 amide bonds. The quantitative estimate of drug-likeness (QED) is 0.149. The van der Waals surface area contributed by atoms with E-state index in [0.29, 0.717) is 39.9 Å². The zero-order chi connectivity index (χ0) is 30.9. The maximum Gasteiger partial charge on any atom is 0.335 e. The maximum absolute atomic E-state index is 14.1. The number of para-hydroxylation sites is 1. The van der Waals surface area contributed by atoms with Gasteiger partial charge in [-0.05, 0) is 29.7 Å². The summed E-state index contributed by atoms with van der Waals surface area (Å²) in [5, 5.41) is 16.1. The molecule has 44 heavy (non-hydrogen) atoms. The van der Waals surface area contributed by atoms with Gasteiger partial charge in [0.2, 0.25) is 5.91 Å². The Bertz CT molecular complexity index is 1770. The molecular formula is C36H33N3O5. The van der Waals surface area contributed by atoms with Crippen LogP contribution >= 0.6 is 0 Å². The van der Waals surface area contributed by atoms with Crippen LogP contribution < -0.4 is 15.4 Å². The number of benzene rings is 4. The number of amides is 2. The molecule has 8 nitrogen and oxygen atoms in total. The largest absolute Gasteiger partial charge is 0.489 e. The Morgan fingerprint density at radius 2 is 1.50 bits per heavy atom. The van der Waals surface area contributed by atoms with E-state index in [-0.39, 0.29) is 43.0 Å². The summed E-state index contributed by atoms with van der Waals surface area (Å²) < 4.78 is 6.30. The Hall–Kier alpha value is -5.50. The molecule has 0 radical (unpaired) electrons. The summed E-state index contributed by atoms with van der Waals surface area (Å²) in [7, 11) is 0. The highest BCUT2D eigenvalue weighted by atomic mass is 16.5. The van der Waals surface area contributed by atoms with E-state index >= 15 is 0 Å². The van der Waals surface area contributed by atoms with Gasteiger partial charge in [-0.2, -0.15) is 0 Å². The fourth-order valence-corrected chi connectivity index (χ4v) is 5.15. The van der Waals surface area contributed by atoms with E-state index in [0.717, 1.165) is 11.1 Å². The predicted molar refractivity (Wildman–Crippen MR) is 170 cm³/mol. The number of aromatic carboxylic acids is 1. The van der Waals surface area contributed by atoms with Crippen LogP contribution in [0.5, 0.6) is 5.75 Å². The van der Waals surface area contributed by atoms with Gasteiger partial charge < -0.3 is 20.5 Å². The highest BCUT2D eigenvalue weighted by molar-refractivity contribution is 6.10. The van der Waals surface area contributed by atoms with E-state index in [1.165, 1.54) is 6.07 Å². The van der Waals surface area contributed by atoms with Crippen LogP contribution in [0.4, 0.5) is 0 Å². The topological polar surface area (TPSA) is 118 Å². The summed E-state index contributed by atoms with van der Waals surface area (Å²) in [5.74, 6) is -1.40. The van der Waals surface area contributed by atoms with Gasteiger partial charge >= 0.3 is 5.97 Å². The molecule has 5 aromatic rings. The number of carbonyl (C=O) groups excluding carboxylic acids is 2. The van der Waals surface area contributed by atoms with Crippen LogP contribution in [0.15, 0.2) is 109 Å². The van der Waals surface area contributed by atoms with Crippen LogP contribution in [-0.4, -0.2) is 41.0 Å². The first-order valence-corrected chi connectivity index (χ1v) is 14.5. The SMILES string of the molecule is CCC(NC(=O)c1c(OCCNC(=O)Cc2ccccc2C(=O)O)c(-c2ccccc2)nc2ccccc12)c1ccccc1. The molecule has 0 bridgehead atoms. The molecule has 0 aliphatic heterocycles. The fourth-order valence-electron chi connectivity index (χ4n) is 5.15. The number of rotatable bonds is 12. The van der Waals surface area contributed by atoms with Gasteiger partial charge in [0.1, 0.15) is 12.3 Å². The van der Waals surface area contributed by atoms with Crippen molar-refractivity contribution in [1.82, 2.24) is 15.6 Å². The van der Waals surface area contributed by atoms with Crippen molar-refractivity contribution in [3.8, 4) is 17.0 Å². The van der Waals surface area contributed by atoms with Crippen molar-refractivity contribution in [2.45, 2.75) is 25.8 Å². The van der Waals surface area contributed by atoms with E-state index in [4.69, 9.17) is 9.72 Å². The van der Waals surface area contributed by atoms with Crippen LogP contribution in [0.25, 0.3) is 22.2 Å². The van der Waals surface area contributed by atoms with E-state index in [2.05, 4.69) is 10.6 Å². The smallest absolute Gasteiger partial charge is 0.335 e. The Kier molecular flexibility index (Phi) is 9.61. The highest BCUT2D eigenvalue weighted by Crippen LogP contribution is 2.37. The number of carboxylic acids is 1. The normalized spacial score (nSPS) is 11.5. The number of carboxylic acid groups (broad SMARTS) is 1. The van der Waals surface area contributed by atoms with E-state index in [1.54, 1.807) is 18.2 Å².